The minimum absolute atomic E-state index is 0.132. The molecule has 1 aliphatic carbocycles. The number of benzene rings is 1. The summed E-state index contributed by atoms with van der Waals surface area (Å²) in [6.45, 7) is 0. The average Bonchev–Trinajstić information content (AvgIpc) is 2.42. The minimum Gasteiger partial charge on any atom is -0.352 e. The van der Waals surface area contributed by atoms with Crippen molar-refractivity contribution in [3.05, 3.63) is 33.3 Å². The Labute approximate surface area is 132 Å². The fourth-order valence-corrected chi connectivity index (χ4v) is 2.98. The lowest BCUT2D eigenvalue weighted by Crippen LogP contribution is -2.38. The molecule has 1 aromatic rings. The summed E-state index contributed by atoms with van der Waals surface area (Å²) in [6.07, 6.45) is 5.73. The first-order valence-corrected chi connectivity index (χ1v) is 8.08. The first kappa shape index (κ1) is 15.1. The molecule has 1 fully saturated rings. The highest BCUT2D eigenvalue weighted by atomic mass is 79.9. The average molecular weight is 365 g/mol. The fraction of sp³-hybridized carbons (Fsp3) is 0.500. The number of amides is 1. The number of hydrogen-bond donors (Lipinski definition) is 1. The molecular formula is C14H16BrCl2NO. The van der Waals surface area contributed by atoms with E-state index in [1.165, 1.54) is 19.3 Å². The molecule has 1 amide bonds. The Balaban J connectivity index is 1.99. The van der Waals surface area contributed by atoms with Crippen LogP contribution < -0.4 is 5.32 Å². The zero-order valence-corrected chi connectivity index (χ0v) is 13.6. The van der Waals surface area contributed by atoms with E-state index in [-0.39, 0.29) is 11.9 Å². The molecular weight excluding hydrogens is 349 g/mol. The van der Waals surface area contributed by atoms with Crippen molar-refractivity contribution < 1.29 is 4.79 Å². The number of carbonyl (C=O) groups excluding carboxylic acids is 1. The van der Waals surface area contributed by atoms with Gasteiger partial charge < -0.3 is 5.32 Å². The molecule has 0 spiro atoms. The monoisotopic (exact) mass is 363 g/mol. The first-order chi connectivity index (χ1) is 9.08. The summed E-state index contributed by atoms with van der Waals surface area (Å²) in [5.41, 5.74) is 0.725. The van der Waals surface area contributed by atoms with Gasteiger partial charge in [-0.1, -0.05) is 36.9 Å². The summed E-state index contributed by atoms with van der Waals surface area (Å²) < 4.78 is 0.800. The Morgan fingerprint density at radius 2 is 2.00 bits per heavy atom. The van der Waals surface area contributed by atoms with Crippen LogP contribution in [0.1, 0.15) is 43.0 Å². The Kier molecular flexibility index (Phi) is 5.55. The van der Waals surface area contributed by atoms with E-state index in [0.717, 1.165) is 22.9 Å². The number of rotatable bonds is 3. The summed E-state index contributed by atoms with van der Waals surface area (Å²) in [5, 5.41) is 2.90. The van der Waals surface area contributed by atoms with Crippen LogP contribution in [0.15, 0.2) is 22.7 Å². The smallest absolute Gasteiger partial charge is 0.242 e. The number of hydrogen-bond acceptors (Lipinski definition) is 1. The van der Waals surface area contributed by atoms with Gasteiger partial charge in [-0.2, -0.15) is 0 Å². The number of carbonyl (C=O) groups is 1. The van der Waals surface area contributed by atoms with E-state index in [4.69, 9.17) is 23.2 Å². The van der Waals surface area contributed by atoms with Crippen molar-refractivity contribution in [2.24, 2.45) is 0 Å². The lowest BCUT2D eigenvalue weighted by atomic mass is 9.95. The van der Waals surface area contributed by atoms with Gasteiger partial charge in [0.25, 0.3) is 0 Å². The predicted octanol–water partition coefficient (Wildman–Crippen LogP) is 4.83. The van der Waals surface area contributed by atoms with Gasteiger partial charge in [-0.15, -0.1) is 11.6 Å². The number of alkyl halides is 1. The molecule has 0 bridgehead atoms. The molecule has 19 heavy (non-hydrogen) atoms. The molecule has 0 radical (unpaired) electrons. The predicted molar refractivity (Wildman–Crippen MR) is 82.8 cm³/mol. The Bertz CT molecular complexity index is 461. The van der Waals surface area contributed by atoms with Gasteiger partial charge in [-0.25, -0.2) is 0 Å². The third kappa shape index (κ3) is 4.11. The molecule has 5 heteroatoms. The van der Waals surface area contributed by atoms with E-state index in [0.29, 0.717) is 5.02 Å². The van der Waals surface area contributed by atoms with Crippen molar-refractivity contribution in [1.82, 2.24) is 5.32 Å². The molecule has 1 unspecified atom stereocenters. The molecule has 1 aromatic carbocycles. The normalized spacial score (nSPS) is 18.1. The Morgan fingerprint density at radius 3 is 2.63 bits per heavy atom. The van der Waals surface area contributed by atoms with Gasteiger partial charge in [0.1, 0.15) is 5.38 Å². The quantitative estimate of drug-likeness (QED) is 0.764. The lowest BCUT2D eigenvalue weighted by Gasteiger charge is -2.24. The van der Waals surface area contributed by atoms with E-state index in [9.17, 15) is 4.79 Å². The van der Waals surface area contributed by atoms with Crippen LogP contribution in [-0.4, -0.2) is 11.9 Å². The highest BCUT2D eigenvalue weighted by Crippen LogP contribution is 2.29. The maximum absolute atomic E-state index is 12.1. The molecule has 1 saturated carbocycles. The van der Waals surface area contributed by atoms with Crippen LogP contribution in [-0.2, 0) is 4.79 Å². The third-order valence-corrected chi connectivity index (χ3v) is 5.10. The SMILES string of the molecule is O=C(NC1CCCCC1)C(Cl)c1ccc(Br)c(Cl)c1. The summed E-state index contributed by atoms with van der Waals surface area (Å²) >= 11 is 15.6. The van der Waals surface area contributed by atoms with E-state index in [2.05, 4.69) is 21.2 Å². The number of nitrogens with one attached hydrogen (secondary N) is 1. The van der Waals surface area contributed by atoms with Crippen LogP contribution in [0.4, 0.5) is 0 Å². The van der Waals surface area contributed by atoms with E-state index in [1.807, 2.05) is 6.07 Å². The zero-order chi connectivity index (χ0) is 13.8. The van der Waals surface area contributed by atoms with Crippen molar-refractivity contribution in [1.29, 1.82) is 0 Å². The van der Waals surface area contributed by atoms with E-state index < -0.39 is 5.38 Å². The fourth-order valence-electron chi connectivity index (χ4n) is 2.34. The maximum atomic E-state index is 12.1. The zero-order valence-electron chi connectivity index (χ0n) is 10.5. The molecule has 2 nitrogen and oxygen atoms in total. The van der Waals surface area contributed by atoms with Crippen LogP contribution in [0.3, 0.4) is 0 Å². The van der Waals surface area contributed by atoms with Crippen molar-refractivity contribution in [3.8, 4) is 0 Å². The highest BCUT2D eigenvalue weighted by Gasteiger charge is 2.22. The summed E-state index contributed by atoms with van der Waals surface area (Å²) in [4.78, 5) is 12.1. The summed E-state index contributed by atoms with van der Waals surface area (Å²) in [7, 11) is 0. The van der Waals surface area contributed by atoms with Gasteiger partial charge in [0.15, 0.2) is 0 Å². The molecule has 0 saturated heterocycles. The minimum atomic E-state index is -0.687. The molecule has 1 aliphatic rings. The molecule has 0 aliphatic heterocycles. The molecule has 1 atom stereocenters. The van der Waals surface area contributed by atoms with Crippen LogP contribution >= 0.6 is 39.1 Å². The Hall–Kier alpha value is -0.250. The van der Waals surface area contributed by atoms with Crippen molar-refractivity contribution in [2.45, 2.75) is 43.5 Å². The molecule has 104 valence electrons. The standard InChI is InChI=1S/C14H16BrCl2NO/c15-11-7-6-9(8-12(11)16)13(17)14(19)18-10-4-2-1-3-5-10/h6-8,10,13H,1-5H2,(H,18,19). The van der Waals surface area contributed by atoms with E-state index >= 15 is 0 Å². The highest BCUT2D eigenvalue weighted by molar-refractivity contribution is 9.10. The van der Waals surface area contributed by atoms with Gasteiger partial charge in [-0.05, 0) is 46.5 Å². The van der Waals surface area contributed by atoms with Crippen LogP contribution in [0.25, 0.3) is 0 Å². The first-order valence-electron chi connectivity index (χ1n) is 6.47. The van der Waals surface area contributed by atoms with Crippen LogP contribution in [0.2, 0.25) is 5.02 Å². The maximum Gasteiger partial charge on any atom is 0.242 e. The second-order valence-corrected chi connectivity index (χ2v) is 6.58. The van der Waals surface area contributed by atoms with Gasteiger partial charge >= 0.3 is 0 Å². The molecule has 1 N–H and O–H groups in total. The van der Waals surface area contributed by atoms with Crippen molar-refractivity contribution in [3.63, 3.8) is 0 Å². The van der Waals surface area contributed by atoms with E-state index in [1.54, 1.807) is 12.1 Å². The van der Waals surface area contributed by atoms with Gasteiger partial charge in [0.2, 0.25) is 5.91 Å². The summed E-state index contributed by atoms with van der Waals surface area (Å²) in [6, 6.07) is 5.62. The Morgan fingerprint density at radius 1 is 1.32 bits per heavy atom. The van der Waals surface area contributed by atoms with Crippen molar-refractivity contribution in [2.75, 3.05) is 0 Å². The lowest BCUT2D eigenvalue weighted by molar-refractivity contribution is -0.121. The largest absolute Gasteiger partial charge is 0.352 e. The molecule has 0 aromatic heterocycles. The second-order valence-electron chi connectivity index (χ2n) is 4.88. The van der Waals surface area contributed by atoms with Gasteiger partial charge in [0.05, 0.1) is 5.02 Å². The second kappa shape index (κ2) is 6.96. The topological polar surface area (TPSA) is 29.1 Å². The van der Waals surface area contributed by atoms with Crippen molar-refractivity contribution >= 4 is 45.0 Å². The summed E-state index contributed by atoms with van der Waals surface area (Å²) in [5.74, 6) is -0.132. The van der Waals surface area contributed by atoms with Crippen LogP contribution in [0.5, 0.6) is 0 Å². The van der Waals surface area contributed by atoms with Gasteiger partial charge in [0, 0.05) is 10.5 Å². The van der Waals surface area contributed by atoms with Crippen LogP contribution in [0, 0.1) is 0 Å². The van der Waals surface area contributed by atoms with Gasteiger partial charge in [-0.3, -0.25) is 4.79 Å². The molecule has 0 heterocycles. The third-order valence-electron chi connectivity index (χ3n) is 3.42. The molecule has 2 rings (SSSR count). The number of halogens is 3.